The zero-order valence-corrected chi connectivity index (χ0v) is 15.8. The fourth-order valence-electron chi connectivity index (χ4n) is 3.06. The van der Waals surface area contributed by atoms with Gasteiger partial charge in [0.05, 0.1) is 16.8 Å². The van der Waals surface area contributed by atoms with Gasteiger partial charge in [-0.05, 0) is 58.9 Å². The lowest BCUT2D eigenvalue weighted by molar-refractivity contribution is -0.141. The van der Waals surface area contributed by atoms with Crippen LogP contribution in [0.5, 0.6) is 0 Å². The van der Waals surface area contributed by atoms with Gasteiger partial charge >= 0.3 is 0 Å². The minimum Gasteiger partial charge on any atom is -0.335 e. The molecule has 136 valence electrons. The summed E-state index contributed by atoms with van der Waals surface area (Å²) in [6.07, 6.45) is 1.89. The number of aromatic nitrogens is 2. The van der Waals surface area contributed by atoms with Gasteiger partial charge < -0.3 is 15.2 Å². The topological polar surface area (TPSA) is 64.2 Å². The normalized spacial score (nSPS) is 12.3. The number of amides is 1. The Morgan fingerprint density at radius 1 is 1.24 bits per heavy atom. The highest BCUT2D eigenvalue weighted by molar-refractivity contribution is 5.85. The van der Waals surface area contributed by atoms with Crippen LogP contribution in [0.1, 0.15) is 40.4 Å². The molecule has 1 amide bonds. The summed E-state index contributed by atoms with van der Waals surface area (Å²) in [5.74, 6) is 0.325. The van der Waals surface area contributed by atoms with Crippen LogP contribution in [-0.4, -0.2) is 32.4 Å². The third-order valence-electron chi connectivity index (χ3n) is 4.35. The van der Waals surface area contributed by atoms with Crippen LogP contribution in [-0.2, 0) is 17.4 Å². The Bertz CT molecular complexity index is 757. The summed E-state index contributed by atoms with van der Waals surface area (Å²) >= 11 is 0. The zero-order chi connectivity index (χ0) is 19.0. The number of hydrogen-bond acceptors (Lipinski definition) is 3. The SMILES string of the molecule is CCN(C(=O)C(C)(C)N)C(C)(C)c1nc(-c2ccc(F)cc2)cn1C. The van der Waals surface area contributed by atoms with Crippen molar-refractivity contribution in [3.63, 3.8) is 0 Å². The first-order valence-corrected chi connectivity index (χ1v) is 8.39. The summed E-state index contributed by atoms with van der Waals surface area (Å²) in [5, 5.41) is 0. The molecule has 0 aliphatic rings. The van der Waals surface area contributed by atoms with Crippen molar-refractivity contribution in [1.82, 2.24) is 14.5 Å². The van der Waals surface area contributed by atoms with Crippen LogP contribution in [0.2, 0.25) is 0 Å². The van der Waals surface area contributed by atoms with Crippen molar-refractivity contribution in [1.29, 1.82) is 0 Å². The quantitative estimate of drug-likeness (QED) is 0.905. The van der Waals surface area contributed by atoms with E-state index in [-0.39, 0.29) is 11.7 Å². The fourth-order valence-corrected chi connectivity index (χ4v) is 3.06. The standard InChI is InChI=1S/C19H27FN4O/c1-7-24(17(25)18(2,3)21)19(4,5)16-22-15(12-23(16)6)13-8-10-14(20)11-9-13/h8-12H,7,21H2,1-6H3. The second-order valence-electron chi connectivity index (χ2n) is 7.40. The molecule has 2 aromatic rings. The molecular weight excluding hydrogens is 319 g/mol. The molecule has 0 spiro atoms. The Morgan fingerprint density at radius 3 is 2.28 bits per heavy atom. The number of carbonyl (C=O) groups excluding carboxylic acids is 1. The van der Waals surface area contributed by atoms with E-state index < -0.39 is 11.1 Å². The number of nitrogens with two attached hydrogens (primary N) is 1. The first kappa shape index (κ1) is 19.1. The Hall–Kier alpha value is -2.21. The van der Waals surface area contributed by atoms with Crippen molar-refractivity contribution < 1.29 is 9.18 Å². The van der Waals surface area contributed by atoms with Crippen LogP contribution in [0.15, 0.2) is 30.5 Å². The predicted octanol–water partition coefficient (Wildman–Crippen LogP) is 3.05. The number of carbonyl (C=O) groups is 1. The first-order valence-electron chi connectivity index (χ1n) is 8.39. The van der Waals surface area contributed by atoms with Crippen molar-refractivity contribution in [3.8, 4) is 11.3 Å². The number of halogens is 1. The van der Waals surface area contributed by atoms with Gasteiger partial charge in [-0.3, -0.25) is 4.79 Å². The van der Waals surface area contributed by atoms with E-state index in [1.807, 2.05) is 38.6 Å². The molecule has 25 heavy (non-hydrogen) atoms. The Kier molecular flexibility index (Phi) is 5.04. The maximum Gasteiger partial charge on any atom is 0.242 e. The molecule has 1 heterocycles. The lowest BCUT2D eigenvalue weighted by atomic mass is 9.96. The lowest BCUT2D eigenvalue weighted by Crippen LogP contribution is -2.57. The number of rotatable bonds is 5. The van der Waals surface area contributed by atoms with Gasteiger partial charge in [0, 0.05) is 25.4 Å². The van der Waals surface area contributed by atoms with Gasteiger partial charge in [0.2, 0.25) is 5.91 Å². The highest BCUT2D eigenvalue weighted by atomic mass is 19.1. The molecule has 1 aromatic carbocycles. The van der Waals surface area contributed by atoms with E-state index in [9.17, 15) is 9.18 Å². The van der Waals surface area contributed by atoms with Gasteiger partial charge in [0.1, 0.15) is 11.6 Å². The first-order chi connectivity index (χ1) is 11.5. The molecule has 0 aliphatic carbocycles. The highest BCUT2D eigenvalue weighted by Crippen LogP contribution is 2.30. The van der Waals surface area contributed by atoms with Gasteiger partial charge in [-0.25, -0.2) is 9.37 Å². The summed E-state index contributed by atoms with van der Waals surface area (Å²) in [6.45, 7) is 9.77. The maximum atomic E-state index is 13.1. The molecule has 1 aromatic heterocycles. The third-order valence-corrected chi connectivity index (χ3v) is 4.35. The highest BCUT2D eigenvalue weighted by Gasteiger charge is 2.39. The lowest BCUT2D eigenvalue weighted by Gasteiger charge is -2.40. The molecule has 2 rings (SSSR count). The molecule has 0 unspecified atom stereocenters. The van der Waals surface area contributed by atoms with Crippen LogP contribution in [0, 0.1) is 5.82 Å². The van der Waals surface area contributed by atoms with Gasteiger partial charge in [-0.15, -0.1) is 0 Å². The van der Waals surface area contributed by atoms with Crippen LogP contribution >= 0.6 is 0 Å². The summed E-state index contributed by atoms with van der Waals surface area (Å²) in [5.41, 5.74) is 5.98. The molecule has 5 nitrogen and oxygen atoms in total. The van der Waals surface area contributed by atoms with E-state index in [0.29, 0.717) is 6.54 Å². The smallest absolute Gasteiger partial charge is 0.242 e. The number of likely N-dealkylation sites (N-methyl/N-ethyl adjacent to an activating group) is 1. The molecule has 6 heteroatoms. The monoisotopic (exact) mass is 346 g/mol. The molecule has 0 atom stereocenters. The molecular formula is C19H27FN4O. The van der Waals surface area contributed by atoms with E-state index in [4.69, 9.17) is 10.7 Å². The summed E-state index contributed by atoms with van der Waals surface area (Å²) in [4.78, 5) is 19.2. The van der Waals surface area contributed by atoms with Gasteiger partial charge in [-0.1, -0.05) is 0 Å². The van der Waals surface area contributed by atoms with Crippen molar-refractivity contribution in [2.75, 3.05) is 6.54 Å². The van der Waals surface area contributed by atoms with Crippen LogP contribution < -0.4 is 5.73 Å². The van der Waals surface area contributed by atoms with E-state index in [2.05, 4.69) is 0 Å². The number of hydrogen-bond donors (Lipinski definition) is 1. The van der Waals surface area contributed by atoms with Gasteiger partial charge in [0.15, 0.2) is 0 Å². The Labute approximate surface area is 148 Å². The number of nitrogens with zero attached hydrogens (tertiary/aromatic N) is 3. The van der Waals surface area contributed by atoms with E-state index >= 15 is 0 Å². The van der Waals surface area contributed by atoms with Gasteiger partial charge in [-0.2, -0.15) is 0 Å². The molecule has 0 saturated heterocycles. The minimum atomic E-state index is -0.960. The average molecular weight is 346 g/mol. The van der Waals surface area contributed by atoms with Crippen molar-refractivity contribution in [3.05, 3.63) is 42.1 Å². The molecule has 0 aliphatic heterocycles. The van der Waals surface area contributed by atoms with E-state index in [1.54, 1.807) is 30.9 Å². The molecule has 0 fully saturated rings. The van der Waals surface area contributed by atoms with Crippen molar-refractivity contribution in [2.45, 2.75) is 45.7 Å². The Morgan fingerprint density at radius 2 is 1.80 bits per heavy atom. The second-order valence-corrected chi connectivity index (χ2v) is 7.40. The molecule has 0 saturated carbocycles. The minimum absolute atomic E-state index is 0.133. The predicted molar refractivity (Wildman–Crippen MR) is 97.3 cm³/mol. The zero-order valence-electron chi connectivity index (χ0n) is 15.8. The average Bonchev–Trinajstić information content (AvgIpc) is 2.90. The summed E-state index contributed by atoms with van der Waals surface area (Å²) < 4.78 is 15.0. The maximum absolute atomic E-state index is 13.1. The largest absolute Gasteiger partial charge is 0.335 e. The van der Waals surface area contributed by atoms with Crippen LogP contribution in [0.3, 0.4) is 0 Å². The third kappa shape index (κ3) is 3.74. The van der Waals surface area contributed by atoms with E-state index in [0.717, 1.165) is 17.1 Å². The molecule has 0 radical (unpaired) electrons. The van der Waals surface area contributed by atoms with Crippen molar-refractivity contribution >= 4 is 5.91 Å². The number of benzene rings is 1. The number of imidazole rings is 1. The number of aryl methyl sites for hydroxylation is 1. The van der Waals surface area contributed by atoms with Crippen LogP contribution in [0.4, 0.5) is 4.39 Å². The fraction of sp³-hybridized carbons (Fsp3) is 0.474. The summed E-state index contributed by atoms with van der Waals surface area (Å²) in [7, 11) is 1.89. The van der Waals surface area contributed by atoms with Crippen molar-refractivity contribution in [2.24, 2.45) is 12.8 Å². The molecule has 2 N–H and O–H groups in total. The second kappa shape index (κ2) is 6.59. The van der Waals surface area contributed by atoms with Crippen LogP contribution in [0.25, 0.3) is 11.3 Å². The van der Waals surface area contributed by atoms with E-state index in [1.165, 1.54) is 12.1 Å². The Balaban J connectivity index is 2.45. The summed E-state index contributed by atoms with van der Waals surface area (Å²) in [6, 6.07) is 6.21. The molecule has 0 bridgehead atoms. The van der Waals surface area contributed by atoms with Gasteiger partial charge in [0.25, 0.3) is 0 Å².